The summed E-state index contributed by atoms with van der Waals surface area (Å²) in [6.07, 6.45) is 5.38. The van der Waals surface area contributed by atoms with E-state index in [0.29, 0.717) is 19.2 Å². The Morgan fingerprint density at radius 2 is 2.16 bits per heavy atom. The van der Waals surface area contributed by atoms with E-state index in [4.69, 9.17) is 10.5 Å². The smallest absolute Gasteiger partial charge is 0.227 e. The Kier molecular flexibility index (Phi) is 5.98. The Hall–Kier alpha value is -0.260. The molecule has 2 rings (SSSR count). The lowest BCUT2D eigenvalue weighted by Gasteiger charge is -2.35. The highest BCUT2D eigenvalue weighted by Crippen LogP contribution is 2.28. The van der Waals surface area contributed by atoms with Crippen LogP contribution in [0.4, 0.5) is 0 Å². The number of nitrogens with two attached hydrogens (primary N) is 1. The lowest BCUT2D eigenvalue weighted by molar-refractivity contribution is -0.139. The first-order valence-corrected chi connectivity index (χ1v) is 8.52. The Labute approximate surface area is 120 Å². The zero-order chi connectivity index (χ0) is 13.7. The molecule has 3 unspecified atom stereocenters. The minimum atomic E-state index is 0.0382. The zero-order valence-electron chi connectivity index (χ0n) is 11.8. The number of hydrogen-bond donors (Lipinski definition) is 1. The van der Waals surface area contributed by atoms with Gasteiger partial charge in [-0.05, 0) is 25.0 Å². The third kappa shape index (κ3) is 3.86. The molecule has 110 valence electrons. The van der Waals surface area contributed by atoms with E-state index in [0.717, 1.165) is 37.2 Å². The van der Waals surface area contributed by atoms with Crippen LogP contribution in [0.2, 0.25) is 0 Å². The van der Waals surface area contributed by atoms with Gasteiger partial charge in [0, 0.05) is 31.5 Å². The van der Waals surface area contributed by atoms with Gasteiger partial charge in [0.05, 0.1) is 12.5 Å². The highest BCUT2D eigenvalue weighted by molar-refractivity contribution is 7.99. The molecule has 2 aliphatic rings. The van der Waals surface area contributed by atoms with Crippen molar-refractivity contribution in [1.82, 2.24) is 4.90 Å². The van der Waals surface area contributed by atoms with Gasteiger partial charge in [0.25, 0.3) is 0 Å². The van der Waals surface area contributed by atoms with Crippen molar-refractivity contribution in [2.75, 3.05) is 31.8 Å². The molecule has 0 radical (unpaired) electrons. The number of amides is 1. The molecule has 1 aliphatic heterocycles. The van der Waals surface area contributed by atoms with Crippen LogP contribution in [-0.2, 0) is 9.53 Å². The summed E-state index contributed by atoms with van der Waals surface area (Å²) in [7, 11) is 1.69. The molecule has 0 spiro atoms. The molecular weight excluding hydrogens is 260 g/mol. The molecule has 1 saturated heterocycles. The number of carbonyl (C=O) groups is 1. The van der Waals surface area contributed by atoms with E-state index >= 15 is 0 Å². The molecule has 0 aromatic carbocycles. The number of ether oxygens (including phenoxy) is 1. The first-order chi connectivity index (χ1) is 9.24. The molecule has 3 atom stereocenters. The second kappa shape index (κ2) is 7.50. The molecule has 1 heterocycles. The molecule has 4 nitrogen and oxygen atoms in total. The minimum absolute atomic E-state index is 0.0382. The van der Waals surface area contributed by atoms with Crippen LogP contribution in [0.25, 0.3) is 0 Å². The van der Waals surface area contributed by atoms with E-state index in [9.17, 15) is 4.79 Å². The van der Waals surface area contributed by atoms with Crippen molar-refractivity contribution in [3.8, 4) is 0 Å². The van der Waals surface area contributed by atoms with Crippen LogP contribution < -0.4 is 5.73 Å². The van der Waals surface area contributed by atoms with E-state index in [1.54, 1.807) is 7.11 Å². The van der Waals surface area contributed by atoms with Crippen molar-refractivity contribution in [3.63, 3.8) is 0 Å². The fourth-order valence-electron chi connectivity index (χ4n) is 3.11. The van der Waals surface area contributed by atoms with Crippen molar-refractivity contribution in [3.05, 3.63) is 0 Å². The number of hydrogen-bond acceptors (Lipinski definition) is 4. The van der Waals surface area contributed by atoms with Gasteiger partial charge in [0.2, 0.25) is 5.91 Å². The number of thioether (sulfide) groups is 1. The van der Waals surface area contributed by atoms with Gasteiger partial charge in [0.1, 0.15) is 0 Å². The molecule has 5 heteroatoms. The summed E-state index contributed by atoms with van der Waals surface area (Å²) in [4.78, 5) is 14.8. The van der Waals surface area contributed by atoms with Crippen LogP contribution in [-0.4, -0.2) is 54.7 Å². The quantitative estimate of drug-likeness (QED) is 0.832. The molecule has 0 aromatic rings. The summed E-state index contributed by atoms with van der Waals surface area (Å²) in [5.74, 6) is 2.54. The van der Waals surface area contributed by atoms with E-state index < -0.39 is 0 Å². The summed E-state index contributed by atoms with van der Waals surface area (Å²) < 4.78 is 5.16. The van der Waals surface area contributed by atoms with Gasteiger partial charge >= 0.3 is 0 Å². The maximum Gasteiger partial charge on any atom is 0.227 e. The summed E-state index contributed by atoms with van der Waals surface area (Å²) in [6.45, 7) is 1.33. The largest absolute Gasteiger partial charge is 0.383 e. The molecule has 1 saturated carbocycles. The van der Waals surface area contributed by atoms with Crippen molar-refractivity contribution >= 4 is 17.7 Å². The first-order valence-electron chi connectivity index (χ1n) is 7.36. The lowest BCUT2D eigenvalue weighted by Crippen LogP contribution is -2.50. The van der Waals surface area contributed by atoms with E-state index in [1.807, 2.05) is 11.8 Å². The van der Waals surface area contributed by atoms with E-state index in [1.165, 1.54) is 6.42 Å². The number of methoxy groups -OCH3 is 1. The SMILES string of the molecule is COCCN(C(=O)C1CCCCC1N)C1CCSC1. The molecule has 2 N–H and O–H groups in total. The lowest BCUT2D eigenvalue weighted by atomic mass is 9.84. The summed E-state index contributed by atoms with van der Waals surface area (Å²) in [5.41, 5.74) is 6.16. The van der Waals surface area contributed by atoms with Crippen LogP contribution in [0.3, 0.4) is 0 Å². The zero-order valence-corrected chi connectivity index (χ0v) is 12.7. The summed E-state index contributed by atoms with van der Waals surface area (Å²) in [6, 6.07) is 0.446. The Bertz CT molecular complexity index is 295. The number of carbonyl (C=O) groups excluding carboxylic acids is 1. The molecular formula is C14H26N2O2S. The van der Waals surface area contributed by atoms with Gasteiger partial charge in [-0.25, -0.2) is 0 Å². The first kappa shape index (κ1) is 15.1. The maximum atomic E-state index is 12.8. The van der Waals surface area contributed by atoms with Crippen molar-refractivity contribution < 1.29 is 9.53 Å². The van der Waals surface area contributed by atoms with Crippen LogP contribution in [0.5, 0.6) is 0 Å². The topological polar surface area (TPSA) is 55.6 Å². The molecule has 1 amide bonds. The standard InChI is InChI=1S/C14H26N2O2S/c1-18-8-7-16(11-6-9-19-10-11)14(17)12-4-2-3-5-13(12)15/h11-13H,2-10,15H2,1H3. The highest BCUT2D eigenvalue weighted by Gasteiger charge is 2.35. The predicted molar refractivity (Wildman–Crippen MR) is 79.3 cm³/mol. The Morgan fingerprint density at radius 3 is 2.79 bits per heavy atom. The monoisotopic (exact) mass is 286 g/mol. The van der Waals surface area contributed by atoms with E-state index in [2.05, 4.69) is 4.90 Å². The third-order valence-electron chi connectivity index (χ3n) is 4.30. The van der Waals surface area contributed by atoms with Crippen molar-refractivity contribution in [2.24, 2.45) is 11.7 Å². The van der Waals surface area contributed by atoms with Gasteiger partial charge < -0.3 is 15.4 Å². The summed E-state index contributed by atoms with van der Waals surface area (Å²) in [5, 5.41) is 0. The van der Waals surface area contributed by atoms with Gasteiger partial charge in [-0.1, -0.05) is 12.8 Å². The Morgan fingerprint density at radius 1 is 1.37 bits per heavy atom. The second-order valence-corrected chi connectivity index (χ2v) is 6.75. The maximum absolute atomic E-state index is 12.8. The predicted octanol–water partition coefficient (Wildman–Crippen LogP) is 1.48. The third-order valence-corrected chi connectivity index (χ3v) is 5.45. The van der Waals surface area contributed by atoms with Crippen molar-refractivity contribution in [2.45, 2.75) is 44.2 Å². The minimum Gasteiger partial charge on any atom is -0.383 e. The molecule has 19 heavy (non-hydrogen) atoms. The van der Waals surface area contributed by atoms with Gasteiger partial charge in [-0.2, -0.15) is 11.8 Å². The molecule has 2 fully saturated rings. The molecule has 0 aromatic heterocycles. The van der Waals surface area contributed by atoms with E-state index in [-0.39, 0.29) is 17.9 Å². The molecule has 1 aliphatic carbocycles. The normalized spacial score (nSPS) is 31.4. The second-order valence-electron chi connectivity index (χ2n) is 5.60. The Balaban J connectivity index is 2.00. The van der Waals surface area contributed by atoms with Crippen LogP contribution in [0, 0.1) is 5.92 Å². The fraction of sp³-hybridized carbons (Fsp3) is 0.929. The van der Waals surface area contributed by atoms with Gasteiger partial charge in [-0.3, -0.25) is 4.79 Å². The van der Waals surface area contributed by atoms with Crippen molar-refractivity contribution in [1.29, 1.82) is 0 Å². The highest BCUT2D eigenvalue weighted by atomic mass is 32.2. The van der Waals surface area contributed by atoms with Gasteiger partial charge in [0.15, 0.2) is 0 Å². The van der Waals surface area contributed by atoms with Crippen LogP contribution in [0.15, 0.2) is 0 Å². The van der Waals surface area contributed by atoms with Crippen LogP contribution >= 0.6 is 11.8 Å². The fourth-order valence-corrected chi connectivity index (χ4v) is 4.33. The van der Waals surface area contributed by atoms with Gasteiger partial charge in [-0.15, -0.1) is 0 Å². The number of nitrogens with zero attached hydrogens (tertiary/aromatic N) is 1. The molecule has 0 bridgehead atoms. The average Bonchev–Trinajstić information content (AvgIpc) is 2.93. The summed E-state index contributed by atoms with van der Waals surface area (Å²) >= 11 is 1.94. The number of rotatable bonds is 5. The average molecular weight is 286 g/mol. The van der Waals surface area contributed by atoms with Crippen LogP contribution in [0.1, 0.15) is 32.1 Å².